The fraction of sp³-hybridized carbons (Fsp3) is 0.233. The Balaban J connectivity index is 1.21. The summed E-state index contributed by atoms with van der Waals surface area (Å²) in [6.07, 6.45) is 2.07. The third kappa shape index (κ3) is 5.61. The maximum atomic E-state index is 13.3. The molecule has 36 heavy (non-hydrogen) atoms. The van der Waals surface area contributed by atoms with Crippen LogP contribution in [0.5, 0.6) is 0 Å². The number of aromatic nitrogens is 1. The lowest BCUT2D eigenvalue weighted by Crippen LogP contribution is -2.49. The second-order valence-electron chi connectivity index (χ2n) is 9.16. The third-order valence-corrected chi connectivity index (χ3v) is 6.76. The zero-order valence-corrected chi connectivity index (χ0v) is 20.2. The summed E-state index contributed by atoms with van der Waals surface area (Å²) < 4.78 is 0. The van der Waals surface area contributed by atoms with Crippen LogP contribution in [0.15, 0.2) is 97.2 Å². The molecule has 1 aromatic heterocycles. The number of amides is 2. The second kappa shape index (κ2) is 11.1. The minimum atomic E-state index is -0.383. The van der Waals surface area contributed by atoms with Gasteiger partial charge in [-0.1, -0.05) is 72.8 Å². The highest BCUT2D eigenvalue weighted by molar-refractivity contribution is 5.94. The Morgan fingerprint density at radius 3 is 2.25 bits per heavy atom. The van der Waals surface area contributed by atoms with Crippen LogP contribution in [-0.2, 0) is 11.3 Å². The van der Waals surface area contributed by atoms with Crippen molar-refractivity contribution in [1.82, 2.24) is 20.1 Å². The molecular weight excluding hydrogens is 448 g/mol. The molecule has 1 fully saturated rings. The van der Waals surface area contributed by atoms with Crippen molar-refractivity contribution >= 4 is 22.7 Å². The summed E-state index contributed by atoms with van der Waals surface area (Å²) in [5, 5.41) is 4.22. The number of hydrogen-bond donors (Lipinski definition) is 1. The van der Waals surface area contributed by atoms with Crippen LogP contribution in [0.25, 0.3) is 10.9 Å². The quantitative estimate of drug-likeness (QED) is 0.427. The van der Waals surface area contributed by atoms with E-state index in [1.807, 2.05) is 65.7 Å². The molecule has 6 nitrogen and oxygen atoms in total. The fourth-order valence-electron chi connectivity index (χ4n) is 4.76. The van der Waals surface area contributed by atoms with Gasteiger partial charge in [0, 0.05) is 49.9 Å². The van der Waals surface area contributed by atoms with Crippen molar-refractivity contribution in [1.29, 1.82) is 0 Å². The second-order valence-corrected chi connectivity index (χ2v) is 9.16. The molecule has 2 amide bonds. The monoisotopic (exact) mass is 478 g/mol. The van der Waals surface area contributed by atoms with E-state index in [4.69, 9.17) is 0 Å². The molecule has 1 N–H and O–H groups in total. The van der Waals surface area contributed by atoms with Crippen molar-refractivity contribution in [2.75, 3.05) is 26.2 Å². The van der Waals surface area contributed by atoms with Gasteiger partial charge in [-0.25, -0.2) is 0 Å². The van der Waals surface area contributed by atoms with E-state index >= 15 is 0 Å². The lowest BCUT2D eigenvalue weighted by atomic mass is 10.0. The zero-order valence-electron chi connectivity index (χ0n) is 20.2. The van der Waals surface area contributed by atoms with Crippen LogP contribution in [0.2, 0.25) is 0 Å². The van der Waals surface area contributed by atoms with Gasteiger partial charge in [0.05, 0.1) is 18.0 Å². The number of fused-ring (bicyclic) bond motifs is 1. The van der Waals surface area contributed by atoms with Crippen LogP contribution >= 0.6 is 0 Å². The number of nitrogens with one attached hydrogen (secondary N) is 1. The van der Waals surface area contributed by atoms with E-state index in [0.717, 1.165) is 36.1 Å². The van der Waals surface area contributed by atoms with Gasteiger partial charge in [0.1, 0.15) is 0 Å². The predicted molar refractivity (Wildman–Crippen MR) is 141 cm³/mol. The molecule has 0 bridgehead atoms. The molecule has 5 rings (SSSR count). The van der Waals surface area contributed by atoms with E-state index in [2.05, 4.69) is 39.5 Å². The normalized spacial score (nSPS) is 14.9. The molecular formula is C30H30N4O2. The lowest BCUT2D eigenvalue weighted by molar-refractivity contribution is -0.133. The fourth-order valence-corrected chi connectivity index (χ4v) is 4.76. The molecule has 182 valence electrons. The molecule has 0 aliphatic carbocycles. The first kappa shape index (κ1) is 23.7. The predicted octanol–water partition coefficient (Wildman–Crippen LogP) is 4.44. The van der Waals surface area contributed by atoms with Gasteiger partial charge in [0.2, 0.25) is 5.91 Å². The number of benzene rings is 3. The maximum Gasteiger partial charge on any atom is 0.251 e. The summed E-state index contributed by atoms with van der Waals surface area (Å²) in [7, 11) is 0. The zero-order chi connectivity index (χ0) is 24.7. The standard InChI is InChI=1S/C30H30N4O2/c35-28(21-27(23-9-3-1-4-10-23)32-30(36)25-11-5-2-6-12-25)34-19-17-33(18-20-34)22-26-14-7-13-24-15-8-16-31-29(24)26/h1-16,27H,17-22H2,(H,32,36). The first-order valence-electron chi connectivity index (χ1n) is 12.4. The highest BCUT2D eigenvalue weighted by Gasteiger charge is 2.26. The van der Waals surface area contributed by atoms with Gasteiger partial charge in [-0.05, 0) is 29.3 Å². The Hall–Kier alpha value is -4.03. The minimum absolute atomic E-state index is 0.0590. The lowest BCUT2D eigenvalue weighted by Gasteiger charge is -2.35. The largest absolute Gasteiger partial charge is 0.345 e. The van der Waals surface area contributed by atoms with Crippen LogP contribution < -0.4 is 5.32 Å². The summed E-state index contributed by atoms with van der Waals surface area (Å²) in [4.78, 5) is 35.0. The highest BCUT2D eigenvalue weighted by Crippen LogP contribution is 2.21. The molecule has 6 heteroatoms. The number of carbonyl (C=O) groups excluding carboxylic acids is 2. The van der Waals surface area contributed by atoms with Gasteiger partial charge in [0.25, 0.3) is 5.91 Å². The first-order valence-corrected chi connectivity index (χ1v) is 12.4. The smallest absolute Gasteiger partial charge is 0.251 e. The van der Waals surface area contributed by atoms with Gasteiger partial charge in [-0.15, -0.1) is 0 Å². The van der Waals surface area contributed by atoms with Crippen molar-refractivity contribution < 1.29 is 9.59 Å². The van der Waals surface area contributed by atoms with Crippen LogP contribution in [-0.4, -0.2) is 52.8 Å². The van der Waals surface area contributed by atoms with Gasteiger partial charge >= 0.3 is 0 Å². The van der Waals surface area contributed by atoms with Gasteiger partial charge in [-0.3, -0.25) is 19.5 Å². The van der Waals surface area contributed by atoms with Gasteiger partial charge in [0.15, 0.2) is 0 Å². The van der Waals surface area contributed by atoms with Gasteiger partial charge < -0.3 is 10.2 Å². The van der Waals surface area contributed by atoms with E-state index < -0.39 is 0 Å². The summed E-state index contributed by atoms with van der Waals surface area (Å²) in [5.41, 5.74) is 3.76. The minimum Gasteiger partial charge on any atom is -0.345 e. The summed E-state index contributed by atoms with van der Waals surface area (Å²) in [6.45, 7) is 3.77. The third-order valence-electron chi connectivity index (χ3n) is 6.76. The molecule has 1 saturated heterocycles. The molecule has 3 aromatic carbocycles. The summed E-state index contributed by atoms with van der Waals surface area (Å²) >= 11 is 0. The molecule has 0 radical (unpaired) electrons. The number of carbonyl (C=O) groups is 2. The van der Waals surface area contributed by atoms with E-state index in [1.165, 1.54) is 5.56 Å². The number of para-hydroxylation sites is 1. The topological polar surface area (TPSA) is 65.5 Å². The Morgan fingerprint density at radius 1 is 0.806 bits per heavy atom. The number of hydrogen-bond acceptors (Lipinski definition) is 4. The molecule has 1 unspecified atom stereocenters. The molecule has 2 heterocycles. The van der Waals surface area contributed by atoms with E-state index in [0.29, 0.717) is 18.7 Å². The van der Waals surface area contributed by atoms with Crippen molar-refractivity contribution in [3.8, 4) is 0 Å². The highest BCUT2D eigenvalue weighted by atomic mass is 16.2. The van der Waals surface area contributed by atoms with Gasteiger partial charge in [-0.2, -0.15) is 0 Å². The van der Waals surface area contributed by atoms with Crippen molar-refractivity contribution in [2.24, 2.45) is 0 Å². The molecule has 1 aliphatic rings. The average molecular weight is 479 g/mol. The Labute approximate surface area is 211 Å². The Morgan fingerprint density at radius 2 is 1.50 bits per heavy atom. The number of rotatable bonds is 7. The molecule has 0 spiro atoms. The molecule has 1 aliphatic heterocycles. The van der Waals surface area contributed by atoms with E-state index in [9.17, 15) is 9.59 Å². The SMILES string of the molecule is O=C(NC(CC(=O)N1CCN(Cc2cccc3cccnc23)CC1)c1ccccc1)c1ccccc1. The van der Waals surface area contributed by atoms with Crippen LogP contribution in [0.3, 0.4) is 0 Å². The van der Waals surface area contributed by atoms with E-state index in [-0.39, 0.29) is 24.3 Å². The number of piperazine rings is 1. The Kier molecular flexibility index (Phi) is 7.33. The number of nitrogens with zero attached hydrogens (tertiary/aromatic N) is 3. The van der Waals surface area contributed by atoms with Crippen LogP contribution in [0, 0.1) is 0 Å². The maximum absolute atomic E-state index is 13.3. The molecule has 1 atom stereocenters. The van der Waals surface area contributed by atoms with Crippen molar-refractivity contribution in [3.63, 3.8) is 0 Å². The first-order chi connectivity index (χ1) is 17.7. The molecule has 0 saturated carbocycles. The molecule has 4 aromatic rings. The van der Waals surface area contributed by atoms with Crippen molar-refractivity contribution in [3.05, 3.63) is 114 Å². The van der Waals surface area contributed by atoms with E-state index in [1.54, 1.807) is 12.1 Å². The summed E-state index contributed by atoms with van der Waals surface area (Å²) in [6, 6.07) is 28.8. The average Bonchev–Trinajstić information content (AvgIpc) is 2.94. The summed E-state index contributed by atoms with van der Waals surface area (Å²) in [5.74, 6) is -0.116. The number of pyridine rings is 1. The van der Waals surface area contributed by atoms with Crippen LogP contribution in [0.1, 0.15) is 33.9 Å². The Bertz CT molecular complexity index is 1310. The van der Waals surface area contributed by atoms with Crippen LogP contribution in [0.4, 0.5) is 0 Å². The van der Waals surface area contributed by atoms with Crippen molar-refractivity contribution in [2.45, 2.75) is 19.0 Å².